The van der Waals surface area contributed by atoms with E-state index in [9.17, 15) is 4.79 Å². The van der Waals surface area contributed by atoms with Crippen LogP contribution in [-0.2, 0) is 14.0 Å². The number of hydrogen-bond acceptors (Lipinski definition) is 5. The van der Waals surface area contributed by atoms with Gasteiger partial charge in [0, 0.05) is 12.0 Å². The van der Waals surface area contributed by atoms with E-state index in [1.165, 1.54) is 0 Å². The standard InChI is InChI=1S/C21H28BNO5/c1-20(2)21(3,4)28-22(27-20)14-8-9-16-17(11-14)19(24)23(12-18(16)25-5)15-7-6-10-26-13-15/h8-9,11-12,15H,6-7,10,13H2,1-5H3. The summed E-state index contributed by atoms with van der Waals surface area (Å²) in [6.45, 7) is 9.38. The molecule has 28 heavy (non-hydrogen) atoms. The summed E-state index contributed by atoms with van der Waals surface area (Å²) < 4.78 is 25.2. The molecule has 2 fully saturated rings. The Hall–Kier alpha value is -1.83. The summed E-state index contributed by atoms with van der Waals surface area (Å²) in [7, 11) is 1.12. The van der Waals surface area contributed by atoms with Gasteiger partial charge < -0.3 is 23.3 Å². The number of ether oxygens (including phenoxy) is 2. The summed E-state index contributed by atoms with van der Waals surface area (Å²) in [6, 6.07) is 5.76. The summed E-state index contributed by atoms with van der Waals surface area (Å²) in [6.07, 6.45) is 3.68. The van der Waals surface area contributed by atoms with Gasteiger partial charge >= 0.3 is 7.12 Å². The van der Waals surface area contributed by atoms with Crippen LogP contribution in [0.25, 0.3) is 10.8 Å². The molecular weight excluding hydrogens is 357 g/mol. The molecule has 2 saturated heterocycles. The molecule has 7 heteroatoms. The lowest BCUT2D eigenvalue weighted by Gasteiger charge is -2.32. The predicted molar refractivity (Wildman–Crippen MR) is 110 cm³/mol. The Balaban J connectivity index is 1.80. The number of fused-ring (bicyclic) bond motifs is 1. The van der Waals surface area contributed by atoms with Gasteiger partial charge in [-0.05, 0) is 52.1 Å². The Morgan fingerprint density at radius 2 is 1.86 bits per heavy atom. The molecule has 2 aliphatic heterocycles. The third-order valence-corrected chi connectivity index (χ3v) is 6.31. The molecule has 3 heterocycles. The maximum Gasteiger partial charge on any atom is 0.494 e. The molecule has 4 rings (SSSR count). The van der Waals surface area contributed by atoms with Gasteiger partial charge in [0.05, 0.1) is 42.5 Å². The minimum Gasteiger partial charge on any atom is -0.495 e. The zero-order valence-corrected chi connectivity index (χ0v) is 17.3. The molecule has 0 spiro atoms. The second kappa shape index (κ2) is 6.90. The van der Waals surface area contributed by atoms with Crippen LogP contribution in [0.3, 0.4) is 0 Å². The first-order valence-corrected chi connectivity index (χ1v) is 9.90. The zero-order valence-electron chi connectivity index (χ0n) is 17.3. The van der Waals surface area contributed by atoms with E-state index in [1.54, 1.807) is 17.9 Å². The van der Waals surface area contributed by atoms with Crippen molar-refractivity contribution in [2.45, 2.75) is 57.8 Å². The van der Waals surface area contributed by atoms with Crippen molar-refractivity contribution in [1.29, 1.82) is 0 Å². The Labute approximate surface area is 165 Å². The van der Waals surface area contributed by atoms with Crippen LogP contribution >= 0.6 is 0 Å². The SMILES string of the molecule is COc1cn(C2CCCOC2)c(=O)c2cc(B3OC(C)(C)C(C)(C)O3)ccc12. The third-order valence-electron chi connectivity index (χ3n) is 6.31. The van der Waals surface area contributed by atoms with Crippen LogP contribution in [0.15, 0.2) is 29.2 Å². The molecule has 0 radical (unpaired) electrons. The second-order valence-electron chi connectivity index (χ2n) is 8.67. The van der Waals surface area contributed by atoms with Gasteiger partial charge in [-0.25, -0.2) is 0 Å². The first-order valence-electron chi connectivity index (χ1n) is 9.90. The van der Waals surface area contributed by atoms with Crippen molar-refractivity contribution in [1.82, 2.24) is 4.57 Å². The van der Waals surface area contributed by atoms with Crippen molar-refractivity contribution in [3.8, 4) is 5.75 Å². The van der Waals surface area contributed by atoms with E-state index in [0.29, 0.717) is 17.7 Å². The maximum absolute atomic E-state index is 13.3. The highest BCUT2D eigenvalue weighted by atomic mass is 16.7. The largest absolute Gasteiger partial charge is 0.495 e. The molecule has 1 aromatic heterocycles. The van der Waals surface area contributed by atoms with Crippen molar-refractivity contribution in [3.05, 3.63) is 34.7 Å². The predicted octanol–water partition coefficient (Wildman–Crippen LogP) is 2.66. The summed E-state index contributed by atoms with van der Waals surface area (Å²) in [5.74, 6) is 0.681. The fourth-order valence-electron chi connectivity index (χ4n) is 3.85. The van der Waals surface area contributed by atoms with E-state index < -0.39 is 18.3 Å². The van der Waals surface area contributed by atoms with Crippen molar-refractivity contribution in [3.63, 3.8) is 0 Å². The Morgan fingerprint density at radius 1 is 1.14 bits per heavy atom. The van der Waals surface area contributed by atoms with Crippen molar-refractivity contribution >= 4 is 23.4 Å². The highest BCUT2D eigenvalue weighted by Crippen LogP contribution is 2.36. The smallest absolute Gasteiger partial charge is 0.494 e. The first kappa shape index (κ1) is 19.5. The van der Waals surface area contributed by atoms with E-state index in [4.69, 9.17) is 18.8 Å². The van der Waals surface area contributed by atoms with Gasteiger partial charge in [0.1, 0.15) is 5.75 Å². The van der Waals surface area contributed by atoms with Crippen LogP contribution in [0.1, 0.15) is 46.6 Å². The summed E-state index contributed by atoms with van der Waals surface area (Å²) in [5, 5.41) is 1.40. The number of hydrogen-bond donors (Lipinski definition) is 0. The normalized spacial score (nSPS) is 23.9. The van der Waals surface area contributed by atoms with Crippen molar-refractivity contribution in [2.75, 3.05) is 20.3 Å². The molecule has 6 nitrogen and oxygen atoms in total. The second-order valence-corrected chi connectivity index (χ2v) is 8.67. The van der Waals surface area contributed by atoms with Crippen LogP contribution in [-0.4, -0.2) is 43.2 Å². The summed E-state index contributed by atoms with van der Waals surface area (Å²) in [4.78, 5) is 13.3. The maximum atomic E-state index is 13.3. The molecular formula is C21H28BNO5. The fourth-order valence-corrected chi connectivity index (χ4v) is 3.85. The highest BCUT2D eigenvalue weighted by Gasteiger charge is 2.51. The minimum atomic E-state index is -0.508. The molecule has 1 aromatic carbocycles. The van der Waals surface area contributed by atoms with Gasteiger partial charge in [0.25, 0.3) is 5.56 Å². The number of rotatable bonds is 3. The van der Waals surface area contributed by atoms with Crippen molar-refractivity contribution < 1.29 is 18.8 Å². The lowest BCUT2D eigenvalue weighted by molar-refractivity contribution is 0.00578. The van der Waals surface area contributed by atoms with E-state index in [1.807, 2.05) is 45.9 Å². The third kappa shape index (κ3) is 3.15. The molecule has 2 aliphatic rings. The molecule has 1 unspecified atom stereocenters. The van der Waals surface area contributed by atoms with Crippen LogP contribution in [0.5, 0.6) is 5.75 Å². The molecule has 2 aromatic rings. The number of aromatic nitrogens is 1. The van der Waals surface area contributed by atoms with Gasteiger partial charge in [0.15, 0.2) is 0 Å². The van der Waals surface area contributed by atoms with Gasteiger partial charge in [-0.15, -0.1) is 0 Å². The number of benzene rings is 1. The fraction of sp³-hybridized carbons (Fsp3) is 0.571. The summed E-state index contributed by atoms with van der Waals surface area (Å²) in [5.41, 5.74) is -0.0611. The number of nitrogens with zero attached hydrogens (tertiary/aromatic N) is 1. The molecule has 0 amide bonds. The van der Waals surface area contributed by atoms with Crippen LogP contribution in [0, 0.1) is 0 Å². The topological polar surface area (TPSA) is 58.9 Å². The van der Waals surface area contributed by atoms with E-state index in [0.717, 1.165) is 30.3 Å². The molecule has 150 valence electrons. The molecule has 0 saturated carbocycles. The lowest BCUT2D eigenvalue weighted by Crippen LogP contribution is -2.41. The Kier molecular flexibility index (Phi) is 4.80. The lowest BCUT2D eigenvalue weighted by atomic mass is 9.78. The van der Waals surface area contributed by atoms with Gasteiger partial charge in [-0.2, -0.15) is 0 Å². The first-order chi connectivity index (χ1) is 13.2. The van der Waals surface area contributed by atoms with Gasteiger partial charge in [-0.1, -0.05) is 12.1 Å². The molecule has 0 bridgehead atoms. The van der Waals surface area contributed by atoms with E-state index >= 15 is 0 Å². The average molecular weight is 385 g/mol. The number of pyridine rings is 1. The Morgan fingerprint density at radius 3 is 2.46 bits per heavy atom. The summed E-state index contributed by atoms with van der Waals surface area (Å²) >= 11 is 0. The van der Waals surface area contributed by atoms with E-state index in [-0.39, 0.29) is 11.6 Å². The van der Waals surface area contributed by atoms with Crippen molar-refractivity contribution in [2.24, 2.45) is 0 Å². The zero-order chi connectivity index (χ0) is 20.1. The van der Waals surface area contributed by atoms with E-state index in [2.05, 4.69) is 0 Å². The Bertz CT molecular complexity index is 930. The van der Waals surface area contributed by atoms with Gasteiger partial charge in [-0.3, -0.25) is 4.79 Å². The minimum absolute atomic E-state index is 0.0278. The van der Waals surface area contributed by atoms with Gasteiger partial charge in [0.2, 0.25) is 0 Å². The average Bonchev–Trinajstić information content (AvgIpc) is 2.90. The number of methoxy groups -OCH3 is 1. The quantitative estimate of drug-likeness (QED) is 0.761. The molecule has 1 atom stereocenters. The van der Waals surface area contributed by atoms with Crippen LogP contribution < -0.4 is 15.8 Å². The highest BCUT2D eigenvalue weighted by molar-refractivity contribution is 6.62. The monoisotopic (exact) mass is 385 g/mol. The van der Waals surface area contributed by atoms with Crippen LogP contribution in [0.4, 0.5) is 0 Å². The molecule has 0 N–H and O–H groups in total. The molecule has 0 aliphatic carbocycles. The van der Waals surface area contributed by atoms with Crippen LogP contribution in [0.2, 0.25) is 0 Å².